The lowest BCUT2D eigenvalue weighted by Crippen LogP contribution is -2.40. The maximum atomic E-state index is 11.5. The molecule has 1 rings (SSSR count). The molecule has 0 saturated carbocycles. The number of rotatable bonds is 5. The zero-order valence-corrected chi connectivity index (χ0v) is 12.3. The lowest BCUT2D eigenvalue weighted by atomic mass is 10.2. The molecule has 0 aliphatic carbocycles. The van der Waals surface area contributed by atoms with Crippen LogP contribution in [-0.4, -0.2) is 32.8 Å². The van der Waals surface area contributed by atoms with E-state index >= 15 is 0 Å². The van der Waals surface area contributed by atoms with E-state index in [1.807, 2.05) is 0 Å². The van der Waals surface area contributed by atoms with Crippen LogP contribution >= 0.6 is 11.3 Å². The molecule has 0 unspecified atom stereocenters. The Labute approximate surface area is 121 Å². The van der Waals surface area contributed by atoms with Crippen molar-refractivity contribution in [1.29, 1.82) is 0 Å². The third-order valence-electron chi connectivity index (χ3n) is 1.96. The van der Waals surface area contributed by atoms with Gasteiger partial charge in [0.1, 0.15) is 6.61 Å². The van der Waals surface area contributed by atoms with E-state index in [-0.39, 0.29) is 19.8 Å². The SMILES string of the molecule is CCOC(=O)NS(=O)(=O)NCc1sccc1C#CCO. The number of aliphatic hydroxyl groups excluding tert-OH is 1. The number of carbonyl (C=O) groups excluding carboxylic acids is 1. The Morgan fingerprint density at radius 3 is 2.95 bits per heavy atom. The van der Waals surface area contributed by atoms with Crippen LogP contribution in [0.3, 0.4) is 0 Å². The molecule has 1 aromatic rings. The third-order valence-corrected chi connectivity index (χ3v) is 3.84. The molecule has 0 aliphatic heterocycles. The standard InChI is InChI=1S/C11H14N2O5S2/c1-2-18-11(15)13-20(16,17)12-8-10-9(4-3-6-14)5-7-19-10/h5,7,12,14H,2,6,8H2,1H3,(H,13,15). The van der Waals surface area contributed by atoms with Crippen molar-refractivity contribution in [2.75, 3.05) is 13.2 Å². The van der Waals surface area contributed by atoms with Gasteiger partial charge < -0.3 is 9.84 Å². The topological polar surface area (TPSA) is 105 Å². The fourth-order valence-electron chi connectivity index (χ4n) is 1.19. The molecular formula is C11H14N2O5S2. The fraction of sp³-hybridized carbons (Fsp3) is 0.364. The highest BCUT2D eigenvalue weighted by molar-refractivity contribution is 7.88. The van der Waals surface area contributed by atoms with Gasteiger partial charge in [0.2, 0.25) is 0 Å². The summed E-state index contributed by atoms with van der Waals surface area (Å²) >= 11 is 1.31. The van der Waals surface area contributed by atoms with Gasteiger partial charge >= 0.3 is 16.3 Å². The first kappa shape index (κ1) is 16.5. The van der Waals surface area contributed by atoms with Gasteiger partial charge in [0, 0.05) is 17.0 Å². The van der Waals surface area contributed by atoms with Gasteiger partial charge in [0.25, 0.3) is 0 Å². The Morgan fingerprint density at radius 2 is 2.30 bits per heavy atom. The average molecular weight is 318 g/mol. The molecule has 0 fully saturated rings. The second-order valence-corrected chi connectivity index (χ2v) is 5.86. The van der Waals surface area contributed by atoms with Gasteiger partial charge in [-0.15, -0.1) is 11.3 Å². The van der Waals surface area contributed by atoms with E-state index in [0.29, 0.717) is 10.4 Å². The van der Waals surface area contributed by atoms with Gasteiger partial charge in [0.15, 0.2) is 0 Å². The first-order valence-corrected chi connectivity index (χ1v) is 7.95. The minimum atomic E-state index is -3.98. The highest BCUT2D eigenvalue weighted by Gasteiger charge is 2.15. The third kappa shape index (κ3) is 5.58. The van der Waals surface area contributed by atoms with E-state index in [4.69, 9.17) is 5.11 Å². The quantitative estimate of drug-likeness (QED) is 0.671. The summed E-state index contributed by atoms with van der Waals surface area (Å²) in [6.45, 7) is 1.36. The average Bonchev–Trinajstić information content (AvgIpc) is 2.81. The van der Waals surface area contributed by atoms with Gasteiger partial charge in [-0.25, -0.2) is 9.52 Å². The van der Waals surface area contributed by atoms with Crippen molar-refractivity contribution in [2.45, 2.75) is 13.5 Å². The number of carbonyl (C=O) groups is 1. The molecule has 0 radical (unpaired) electrons. The molecule has 20 heavy (non-hydrogen) atoms. The first-order chi connectivity index (χ1) is 9.48. The van der Waals surface area contributed by atoms with Crippen LogP contribution in [0.5, 0.6) is 0 Å². The zero-order valence-electron chi connectivity index (χ0n) is 10.7. The number of ether oxygens (including phenoxy) is 1. The molecule has 0 atom stereocenters. The van der Waals surface area contributed by atoms with E-state index in [1.165, 1.54) is 11.3 Å². The van der Waals surface area contributed by atoms with E-state index in [0.717, 1.165) is 0 Å². The Kier molecular flexibility index (Phi) is 6.47. The van der Waals surface area contributed by atoms with Crippen LogP contribution in [0.15, 0.2) is 11.4 Å². The summed E-state index contributed by atoms with van der Waals surface area (Å²) in [5, 5.41) is 10.4. The van der Waals surface area contributed by atoms with Crippen molar-refractivity contribution in [1.82, 2.24) is 9.44 Å². The van der Waals surface area contributed by atoms with Gasteiger partial charge in [-0.2, -0.15) is 13.1 Å². The predicted molar refractivity (Wildman–Crippen MR) is 74.2 cm³/mol. The van der Waals surface area contributed by atoms with Crippen molar-refractivity contribution in [2.24, 2.45) is 0 Å². The van der Waals surface area contributed by atoms with Crippen LogP contribution in [0.25, 0.3) is 0 Å². The summed E-state index contributed by atoms with van der Waals surface area (Å²) in [4.78, 5) is 11.7. The predicted octanol–water partition coefficient (Wildman–Crippen LogP) is 0.172. The molecule has 110 valence electrons. The van der Waals surface area contributed by atoms with E-state index in [9.17, 15) is 13.2 Å². The smallest absolute Gasteiger partial charge is 0.421 e. The second kappa shape index (κ2) is 7.86. The van der Waals surface area contributed by atoms with Gasteiger partial charge in [-0.1, -0.05) is 11.8 Å². The Hall–Kier alpha value is -1.60. The summed E-state index contributed by atoms with van der Waals surface area (Å²) in [6, 6.07) is 1.72. The summed E-state index contributed by atoms with van der Waals surface area (Å²) in [6.07, 6.45) is -1.04. The highest BCUT2D eigenvalue weighted by Crippen LogP contribution is 2.15. The van der Waals surface area contributed by atoms with Gasteiger partial charge in [-0.3, -0.25) is 0 Å². The molecule has 0 bridgehead atoms. The fourth-order valence-corrected chi connectivity index (χ4v) is 2.74. The summed E-state index contributed by atoms with van der Waals surface area (Å²) in [7, 11) is -3.98. The molecule has 0 saturated heterocycles. The Morgan fingerprint density at radius 1 is 1.55 bits per heavy atom. The largest absolute Gasteiger partial charge is 0.449 e. The minimum absolute atomic E-state index is 0.0121. The molecule has 0 aromatic carbocycles. The molecular weight excluding hydrogens is 304 g/mol. The molecule has 1 amide bonds. The summed E-state index contributed by atoms with van der Waals surface area (Å²) in [5.74, 6) is 5.19. The summed E-state index contributed by atoms with van der Waals surface area (Å²) < 4.78 is 31.5. The maximum absolute atomic E-state index is 11.5. The highest BCUT2D eigenvalue weighted by atomic mass is 32.2. The number of nitrogens with one attached hydrogen (secondary N) is 2. The van der Waals surface area contributed by atoms with Gasteiger partial charge in [-0.05, 0) is 18.4 Å². The molecule has 9 heteroatoms. The maximum Gasteiger partial charge on any atom is 0.421 e. The van der Waals surface area contributed by atoms with E-state index < -0.39 is 16.3 Å². The Bertz CT molecular complexity index is 612. The van der Waals surface area contributed by atoms with Crippen LogP contribution in [0.1, 0.15) is 17.4 Å². The van der Waals surface area contributed by atoms with Crippen molar-refractivity contribution in [3.8, 4) is 11.8 Å². The number of hydrogen-bond donors (Lipinski definition) is 3. The Balaban J connectivity index is 2.63. The number of aliphatic hydroxyl groups is 1. The van der Waals surface area contributed by atoms with Crippen LogP contribution in [0.4, 0.5) is 4.79 Å². The molecule has 1 heterocycles. The van der Waals surface area contributed by atoms with Crippen molar-refractivity contribution in [3.63, 3.8) is 0 Å². The van der Waals surface area contributed by atoms with Crippen molar-refractivity contribution >= 4 is 27.6 Å². The lowest BCUT2D eigenvalue weighted by Gasteiger charge is -2.07. The monoisotopic (exact) mass is 318 g/mol. The molecule has 0 aliphatic rings. The van der Waals surface area contributed by atoms with Crippen LogP contribution in [-0.2, 0) is 21.5 Å². The van der Waals surface area contributed by atoms with E-state index in [2.05, 4.69) is 21.3 Å². The minimum Gasteiger partial charge on any atom is -0.449 e. The molecule has 7 nitrogen and oxygen atoms in total. The number of amides is 1. The first-order valence-electron chi connectivity index (χ1n) is 5.58. The molecule has 0 spiro atoms. The molecule has 3 N–H and O–H groups in total. The van der Waals surface area contributed by atoms with Crippen LogP contribution in [0.2, 0.25) is 0 Å². The van der Waals surface area contributed by atoms with Crippen LogP contribution < -0.4 is 9.44 Å². The van der Waals surface area contributed by atoms with Gasteiger partial charge in [0.05, 0.1) is 6.61 Å². The van der Waals surface area contributed by atoms with Crippen LogP contribution in [0, 0.1) is 11.8 Å². The second-order valence-electron chi connectivity index (χ2n) is 3.36. The number of thiophene rings is 1. The summed E-state index contributed by atoms with van der Waals surface area (Å²) in [5.41, 5.74) is 0.628. The lowest BCUT2D eigenvalue weighted by molar-refractivity contribution is 0.158. The van der Waals surface area contributed by atoms with E-state index in [1.54, 1.807) is 23.1 Å². The molecule has 1 aromatic heterocycles. The zero-order chi connectivity index (χ0) is 15.0. The van der Waals surface area contributed by atoms with Crippen molar-refractivity contribution < 1.29 is 23.1 Å². The normalized spacial score (nSPS) is 10.5. The number of hydrogen-bond acceptors (Lipinski definition) is 6. The van der Waals surface area contributed by atoms with Crippen molar-refractivity contribution in [3.05, 3.63) is 21.9 Å².